The van der Waals surface area contributed by atoms with Crippen LogP contribution >= 0.6 is 0 Å². The fraction of sp³-hybridized carbons (Fsp3) is 0.947. The summed E-state index contributed by atoms with van der Waals surface area (Å²) in [6.07, 6.45) is 8.26. The van der Waals surface area contributed by atoms with E-state index in [0.29, 0.717) is 24.3 Å². The van der Waals surface area contributed by atoms with Gasteiger partial charge < -0.3 is 10.0 Å². The van der Waals surface area contributed by atoms with Crippen molar-refractivity contribution in [3.63, 3.8) is 0 Å². The molecule has 0 aromatic rings. The van der Waals surface area contributed by atoms with Gasteiger partial charge in [-0.2, -0.15) is 0 Å². The highest BCUT2D eigenvalue weighted by Gasteiger charge is 2.29. The summed E-state index contributed by atoms with van der Waals surface area (Å²) < 4.78 is 0. The van der Waals surface area contributed by atoms with Crippen LogP contribution in [0.1, 0.15) is 86.0 Å². The molecule has 1 heterocycles. The summed E-state index contributed by atoms with van der Waals surface area (Å²) in [6, 6.07) is 0. The first kappa shape index (κ1) is 21.4. The second-order valence-corrected chi connectivity index (χ2v) is 7.26. The lowest BCUT2D eigenvalue weighted by Gasteiger charge is -2.38. The topological polar surface area (TPSA) is 40.5 Å². The van der Waals surface area contributed by atoms with Crippen LogP contribution in [0.25, 0.3) is 0 Å². The van der Waals surface area contributed by atoms with Crippen molar-refractivity contribution in [3.8, 4) is 0 Å². The Kier molecular flexibility index (Phi) is 11.6. The van der Waals surface area contributed by atoms with Crippen LogP contribution in [0.2, 0.25) is 0 Å². The Labute approximate surface area is 138 Å². The first-order valence-corrected chi connectivity index (χ1v) is 9.34. The van der Waals surface area contributed by atoms with E-state index in [9.17, 15) is 4.79 Å². The van der Waals surface area contributed by atoms with E-state index in [-0.39, 0.29) is 0 Å². The van der Waals surface area contributed by atoms with Crippen LogP contribution in [0.5, 0.6) is 0 Å². The molecule has 0 radical (unpaired) electrons. The van der Waals surface area contributed by atoms with E-state index in [2.05, 4.69) is 25.7 Å². The molecule has 0 aromatic heterocycles. The fourth-order valence-corrected chi connectivity index (χ4v) is 3.07. The first-order chi connectivity index (χ1) is 10.4. The third-order valence-corrected chi connectivity index (χ3v) is 4.62. The maximum Gasteiger partial charge on any atom is 0.222 e. The molecule has 132 valence electrons. The van der Waals surface area contributed by atoms with Crippen LogP contribution in [0.15, 0.2) is 0 Å². The number of aliphatic hydroxyl groups excluding tert-OH is 1. The third-order valence-electron chi connectivity index (χ3n) is 4.62. The van der Waals surface area contributed by atoms with E-state index < -0.39 is 0 Å². The Morgan fingerprint density at radius 3 is 2.00 bits per heavy atom. The Morgan fingerprint density at radius 2 is 1.50 bits per heavy atom. The molecule has 1 fully saturated rings. The second kappa shape index (κ2) is 11.9. The van der Waals surface area contributed by atoms with Crippen LogP contribution in [0.4, 0.5) is 0 Å². The van der Waals surface area contributed by atoms with Gasteiger partial charge in [-0.25, -0.2) is 0 Å². The van der Waals surface area contributed by atoms with Gasteiger partial charge in [-0.05, 0) is 37.0 Å². The Morgan fingerprint density at radius 1 is 1.00 bits per heavy atom. The predicted octanol–water partition coefficient (Wildman–Crippen LogP) is 4.63. The van der Waals surface area contributed by atoms with E-state index in [0.717, 1.165) is 64.0 Å². The third kappa shape index (κ3) is 8.77. The molecule has 0 atom stereocenters. The van der Waals surface area contributed by atoms with Gasteiger partial charge in [-0.15, -0.1) is 0 Å². The molecule has 3 heteroatoms. The van der Waals surface area contributed by atoms with Crippen molar-refractivity contribution < 1.29 is 9.90 Å². The van der Waals surface area contributed by atoms with Crippen molar-refractivity contribution in [2.24, 2.45) is 11.3 Å². The lowest BCUT2D eigenvalue weighted by molar-refractivity contribution is -0.133. The highest BCUT2D eigenvalue weighted by atomic mass is 16.2. The zero-order chi connectivity index (χ0) is 17.0. The summed E-state index contributed by atoms with van der Waals surface area (Å²) in [5, 5.41) is 8.70. The van der Waals surface area contributed by atoms with Crippen LogP contribution in [0.3, 0.4) is 0 Å². The molecule has 3 nitrogen and oxygen atoms in total. The van der Waals surface area contributed by atoms with Crippen molar-refractivity contribution in [2.45, 2.75) is 86.0 Å². The molecule has 0 aliphatic carbocycles. The normalized spacial score (nSPS) is 16.2. The molecular formula is C19H39NO2. The summed E-state index contributed by atoms with van der Waals surface area (Å²) >= 11 is 0. The van der Waals surface area contributed by atoms with Crippen molar-refractivity contribution in [1.82, 2.24) is 4.90 Å². The minimum absolute atomic E-state index is 0.293. The van der Waals surface area contributed by atoms with E-state index in [1.54, 1.807) is 0 Å². The minimum atomic E-state index is 0.293. The molecule has 1 rings (SSSR count). The van der Waals surface area contributed by atoms with Gasteiger partial charge in [0.15, 0.2) is 0 Å². The number of piperidine rings is 1. The number of carbonyl (C=O) groups excluding carboxylic acids is 1. The van der Waals surface area contributed by atoms with Gasteiger partial charge in [-0.3, -0.25) is 4.79 Å². The number of likely N-dealkylation sites (tertiary alicyclic amines) is 1. The van der Waals surface area contributed by atoms with Gasteiger partial charge in [0.1, 0.15) is 0 Å². The lowest BCUT2D eigenvalue weighted by atomic mass is 9.75. The van der Waals surface area contributed by atoms with Gasteiger partial charge >= 0.3 is 0 Å². The zero-order valence-electron chi connectivity index (χ0n) is 15.7. The smallest absolute Gasteiger partial charge is 0.222 e. The lowest BCUT2D eigenvalue weighted by Crippen LogP contribution is -2.41. The van der Waals surface area contributed by atoms with Crippen LogP contribution in [-0.2, 0) is 4.79 Å². The van der Waals surface area contributed by atoms with Gasteiger partial charge in [0.05, 0.1) is 0 Å². The average Bonchev–Trinajstić information content (AvgIpc) is 2.52. The SMILES string of the molecule is CC.CC(C)(C)C1CCN(C(=O)CCCCCCCO)CC1. The molecule has 1 saturated heterocycles. The number of unbranched alkanes of at least 4 members (excludes halogenated alkanes) is 4. The predicted molar refractivity (Wildman–Crippen MR) is 94.9 cm³/mol. The molecule has 0 spiro atoms. The summed E-state index contributed by atoms with van der Waals surface area (Å²) in [6.45, 7) is 13.1. The summed E-state index contributed by atoms with van der Waals surface area (Å²) in [7, 11) is 0. The fourth-order valence-electron chi connectivity index (χ4n) is 3.07. The van der Waals surface area contributed by atoms with Crippen molar-refractivity contribution in [1.29, 1.82) is 0 Å². The number of rotatable bonds is 7. The van der Waals surface area contributed by atoms with Gasteiger partial charge in [0.25, 0.3) is 0 Å². The highest BCUT2D eigenvalue weighted by Crippen LogP contribution is 2.34. The summed E-state index contributed by atoms with van der Waals surface area (Å²) in [5.41, 5.74) is 0.377. The molecule has 1 amide bonds. The standard InChI is InChI=1S/C17H33NO2.C2H6/c1-17(2,3)15-10-12-18(13-11-15)16(20)9-7-5-4-6-8-14-19;1-2/h15,19H,4-14H2,1-3H3;1-2H3. The van der Waals surface area contributed by atoms with E-state index in [1.165, 1.54) is 0 Å². The average molecular weight is 314 g/mol. The Balaban J connectivity index is 0.00000211. The molecule has 0 bridgehead atoms. The molecule has 1 N–H and O–H groups in total. The number of nitrogens with zero attached hydrogens (tertiary/aromatic N) is 1. The maximum atomic E-state index is 12.1. The van der Waals surface area contributed by atoms with Crippen LogP contribution in [0, 0.1) is 11.3 Å². The van der Waals surface area contributed by atoms with Gasteiger partial charge in [0, 0.05) is 26.1 Å². The molecule has 0 unspecified atom stereocenters. The number of amides is 1. The first-order valence-electron chi connectivity index (χ1n) is 9.34. The monoisotopic (exact) mass is 313 g/mol. The highest BCUT2D eigenvalue weighted by molar-refractivity contribution is 5.76. The van der Waals surface area contributed by atoms with Crippen molar-refractivity contribution in [3.05, 3.63) is 0 Å². The van der Waals surface area contributed by atoms with E-state index in [4.69, 9.17) is 5.11 Å². The maximum absolute atomic E-state index is 12.1. The van der Waals surface area contributed by atoms with Crippen molar-refractivity contribution in [2.75, 3.05) is 19.7 Å². The minimum Gasteiger partial charge on any atom is -0.396 e. The van der Waals surface area contributed by atoms with E-state index in [1.807, 2.05) is 13.8 Å². The Bertz CT molecular complexity index is 276. The number of hydrogen-bond donors (Lipinski definition) is 1. The molecule has 1 aliphatic heterocycles. The number of carbonyl (C=O) groups is 1. The van der Waals surface area contributed by atoms with Gasteiger partial charge in [-0.1, -0.05) is 53.9 Å². The van der Waals surface area contributed by atoms with Crippen LogP contribution in [-0.4, -0.2) is 35.6 Å². The molecular weight excluding hydrogens is 274 g/mol. The Hall–Kier alpha value is -0.570. The summed E-state index contributed by atoms with van der Waals surface area (Å²) in [4.78, 5) is 14.2. The number of hydrogen-bond acceptors (Lipinski definition) is 2. The number of aliphatic hydroxyl groups is 1. The quantitative estimate of drug-likeness (QED) is 0.696. The zero-order valence-corrected chi connectivity index (χ0v) is 15.7. The molecule has 0 aromatic carbocycles. The van der Waals surface area contributed by atoms with Crippen molar-refractivity contribution >= 4 is 5.91 Å². The largest absolute Gasteiger partial charge is 0.396 e. The molecule has 1 aliphatic rings. The second-order valence-electron chi connectivity index (χ2n) is 7.26. The summed E-state index contributed by atoms with van der Waals surface area (Å²) in [5.74, 6) is 1.10. The molecule has 0 saturated carbocycles. The molecule has 22 heavy (non-hydrogen) atoms. The van der Waals surface area contributed by atoms with Gasteiger partial charge in [0.2, 0.25) is 5.91 Å². The van der Waals surface area contributed by atoms with E-state index >= 15 is 0 Å². The van der Waals surface area contributed by atoms with Crippen LogP contribution < -0.4 is 0 Å².